The first-order chi connectivity index (χ1) is 9.74. The van der Waals surface area contributed by atoms with Crippen molar-refractivity contribution in [2.24, 2.45) is 17.6 Å². The maximum Gasteiger partial charge on any atom is 0.119 e. The molecule has 0 aromatic heterocycles. The van der Waals surface area contributed by atoms with Gasteiger partial charge >= 0.3 is 0 Å². The maximum absolute atomic E-state index is 5.93. The molecule has 2 atom stereocenters. The van der Waals surface area contributed by atoms with E-state index in [2.05, 4.69) is 37.4 Å². The van der Waals surface area contributed by atoms with Gasteiger partial charge in [0.25, 0.3) is 0 Å². The molecule has 3 N–H and O–H groups in total. The van der Waals surface area contributed by atoms with E-state index in [1.807, 2.05) is 6.07 Å². The van der Waals surface area contributed by atoms with E-state index in [9.17, 15) is 0 Å². The van der Waals surface area contributed by atoms with Crippen LogP contribution in [0.2, 0.25) is 0 Å². The Balaban J connectivity index is 1.91. The topological polar surface area (TPSA) is 47.3 Å². The fourth-order valence-corrected chi connectivity index (χ4v) is 2.54. The largest absolute Gasteiger partial charge is 0.494 e. The fraction of sp³-hybridized carbons (Fsp3) is 0.647. The third kappa shape index (κ3) is 4.50. The monoisotopic (exact) mass is 276 g/mol. The van der Waals surface area contributed by atoms with Gasteiger partial charge in [-0.05, 0) is 55.3 Å². The van der Waals surface area contributed by atoms with Crippen LogP contribution in [0.25, 0.3) is 0 Å². The Labute approximate surface area is 122 Å². The van der Waals surface area contributed by atoms with Crippen LogP contribution in [-0.2, 0) is 0 Å². The van der Waals surface area contributed by atoms with Crippen LogP contribution < -0.4 is 15.8 Å². The molecule has 112 valence electrons. The minimum atomic E-state index is 0.223. The van der Waals surface area contributed by atoms with E-state index in [4.69, 9.17) is 10.5 Å². The Morgan fingerprint density at radius 3 is 2.85 bits per heavy atom. The van der Waals surface area contributed by atoms with Gasteiger partial charge in [-0.1, -0.05) is 26.0 Å². The minimum absolute atomic E-state index is 0.223. The van der Waals surface area contributed by atoms with Crippen LogP contribution in [0.3, 0.4) is 0 Å². The molecule has 1 aromatic rings. The third-order valence-corrected chi connectivity index (χ3v) is 4.08. The fourth-order valence-electron chi connectivity index (χ4n) is 2.54. The van der Waals surface area contributed by atoms with Crippen LogP contribution in [0.5, 0.6) is 5.75 Å². The predicted molar refractivity (Wildman–Crippen MR) is 83.9 cm³/mol. The number of nitrogens with two attached hydrogens (primary N) is 1. The molecule has 1 saturated carbocycles. The van der Waals surface area contributed by atoms with Crippen LogP contribution >= 0.6 is 0 Å². The molecule has 1 aliphatic rings. The van der Waals surface area contributed by atoms with E-state index >= 15 is 0 Å². The van der Waals surface area contributed by atoms with E-state index in [-0.39, 0.29) is 6.04 Å². The van der Waals surface area contributed by atoms with E-state index in [1.54, 1.807) is 0 Å². The normalized spacial score (nSPS) is 17.8. The van der Waals surface area contributed by atoms with Crippen molar-refractivity contribution >= 4 is 0 Å². The van der Waals surface area contributed by atoms with Crippen molar-refractivity contribution in [3.8, 4) is 5.75 Å². The average molecular weight is 276 g/mol. The number of hydrogen-bond acceptors (Lipinski definition) is 3. The first-order valence-corrected chi connectivity index (χ1v) is 7.90. The minimum Gasteiger partial charge on any atom is -0.494 e. The predicted octanol–water partition coefficient (Wildman–Crippen LogP) is 3.11. The van der Waals surface area contributed by atoms with Crippen molar-refractivity contribution in [1.82, 2.24) is 5.32 Å². The zero-order chi connectivity index (χ0) is 14.4. The standard InChI is InChI=1S/C17H28N2O/c1-3-9-20-16-6-4-5-15(10-16)17(11-18)19-12-13(2)14-7-8-14/h4-6,10,13-14,17,19H,3,7-9,11-12,18H2,1-2H3. The molecule has 3 nitrogen and oxygen atoms in total. The summed E-state index contributed by atoms with van der Waals surface area (Å²) in [7, 11) is 0. The van der Waals surface area contributed by atoms with Gasteiger partial charge < -0.3 is 15.8 Å². The lowest BCUT2D eigenvalue weighted by molar-refractivity contribution is 0.316. The number of nitrogens with one attached hydrogen (secondary N) is 1. The number of benzene rings is 1. The summed E-state index contributed by atoms with van der Waals surface area (Å²) in [6.45, 7) is 6.89. The maximum atomic E-state index is 5.93. The Morgan fingerprint density at radius 1 is 1.40 bits per heavy atom. The highest BCUT2D eigenvalue weighted by molar-refractivity contribution is 5.30. The number of hydrogen-bond donors (Lipinski definition) is 2. The first-order valence-electron chi connectivity index (χ1n) is 7.90. The van der Waals surface area contributed by atoms with Gasteiger partial charge in [0.05, 0.1) is 6.61 Å². The molecular formula is C17H28N2O. The highest BCUT2D eigenvalue weighted by atomic mass is 16.5. The molecule has 1 aliphatic carbocycles. The van der Waals surface area contributed by atoms with Gasteiger partial charge in [-0.25, -0.2) is 0 Å². The molecule has 0 heterocycles. The van der Waals surface area contributed by atoms with Gasteiger partial charge in [-0.15, -0.1) is 0 Å². The second-order valence-corrected chi connectivity index (χ2v) is 5.93. The quantitative estimate of drug-likeness (QED) is 0.728. The SMILES string of the molecule is CCCOc1cccc(C(CN)NCC(C)C2CC2)c1. The zero-order valence-corrected chi connectivity index (χ0v) is 12.8. The smallest absolute Gasteiger partial charge is 0.119 e. The number of rotatable bonds is 9. The average Bonchev–Trinajstić information content (AvgIpc) is 3.30. The Hall–Kier alpha value is -1.06. The highest BCUT2D eigenvalue weighted by Gasteiger charge is 2.28. The summed E-state index contributed by atoms with van der Waals surface area (Å²) in [5.74, 6) is 2.63. The summed E-state index contributed by atoms with van der Waals surface area (Å²) in [6, 6.07) is 8.53. The molecule has 0 bridgehead atoms. The first kappa shape index (κ1) is 15.3. The zero-order valence-electron chi connectivity index (χ0n) is 12.8. The van der Waals surface area contributed by atoms with E-state index in [0.29, 0.717) is 6.54 Å². The Bertz CT molecular complexity index is 404. The lowest BCUT2D eigenvalue weighted by Crippen LogP contribution is -2.32. The second-order valence-electron chi connectivity index (χ2n) is 5.93. The molecule has 0 radical (unpaired) electrons. The van der Waals surface area contributed by atoms with Crippen molar-refractivity contribution in [3.05, 3.63) is 29.8 Å². The van der Waals surface area contributed by atoms with Crippen LogP contribution in [0.1, 0.15) is 44.7 Å². The van der Waals surface area contributed by atoms with Crippen LogP contribution in [0, 0.1) is 11.8 Å². The molecule has 2 unspecified atom stereocenters. The lowest BCUT2D eigenvalue weighted by Gasteiger charge is -2.21. The molecule has 0 aliphatic heterocycles. The molecule has 1 fully saturated rings. The molecule has 1 aromatic carbocycles. The van der Waals surface area contributed by atoms with Gasteiger partial charge in [0, 0.05) is 12.6 Å². The number of ether oxygens (including phenoxy) is 1. The third-order valence-electron chi connectivity index (χ3n) is 4.08. The summed E-state index contributed by atoms with van der Waals surface area (Å²) in [6.07, 6.45) is 3.83. The van der Waals surface area contributed by atoms with Crippen molar-refractivity contribution in [1.29, 1.82) is 0 Å². The molecule has 0 saturated heterocycles. The summed E-state index contributed by atoms with van der Waals surface area (Å²) < 4.78 is 5.70. The van der Waals surface area contributed by atoms with Crippen LogP contribution in [0.15, 0.2) is 24.3 Å². The molecule has 0 spiro atoms. The van der Waals surface area contributed by atoms with Gasteiger partial charge in [-0.3, -0.25) is 0 Å². The van der Waals surface area contributed by atoms with Crippen molar-refractivity contribution in [3.63, 3.8) is 0 Å². The van der Waals surface area contributed by atoms with E-state index < -0.39 is 0 Å². The lowest BCUT2D eigenvalue weighted by atomic mass is 10.0. The summed E-state index contributed by atoms with van der Waals surface area (Å²) in [4.78, 5) is 0. The molecule has 2 rings (SSSR count). The van der Waals surface area contributed by atoms with E-state index in [1.165, 1.54) is 18.4 Å². The Kier molecular flexibility index (Phi) is 5.86. The van der Waals surface area contributed by atoms with E-state index in [0.717, 1.165) is 37.2 Å². The summed E-state index contributed by atoms with van der Waals surface area (Å²) in [5.41, 5.74) is 7.16. The van der Waals surface area contributed by atoms with Gasteiger partial charge in [-0.2, -0.15) is 0 Å². The van der Waals surface area contributed by atoms with Crippen LogP contribution in [-0.4, -0.2) is 19.7 Å². The van der Waals surface area contributed by atoms with Gasteiger partial charge in [0.15, 0.2) is 0 Å². The molecule has 3 heteroatoms. The van der Waals surface area contributed by atoms with Gasteiger partial charge in [0.2, 0.25) is 0 Å². The summed E-state index contributed by atoms with van der Waals surface area (Å²) in [5, 5.41) is 3.61. The molecular weight excluding hydrogens is 248 g/mol. The second kappa shape index (κ2) is 7.65. The summed E-state index contributed by atoms with van der Waals surface area (Å²) >= 11 is 0. The Morgan fingerprint density at radius 2 is 2.20 bits per heavy atom. The van der Waals surface area contributed by atoms with Crippen molar-refractivity contribution < 1.29 is 4.74 Å². The van der Waals surface area contributed by atoms with Gasteiger partial charge in [0.1, 0.15) is 5.75 Å². The van der Waals surface area contributed by atoms with Crippen molar-refractivity contribution in [2.75, 3.05) is 19.7 Å². The molecule has 20 heavy (non-hydrogen) atoms. The van der Waals surface area contributed by atoms with Crippen molar-refractivity contribution in [2.45, 2.75) is 39.2 Å². The highest BCUT2D eigenvalue weighted by Crippen LogP contribution is 2.36. The molecule has 0 amide bonds. The van der Waals surface area contributed by atoms with Crippen LogP contribution in [0.4, 0.5) is 0 Å².